The molecule has 1 rings (SSSR count). The van der Waals surface area contributed by atoms with Gasteiger partial charge in [0.15, 0.2) is 0 Å². The summed E-state index contributed by atoms with van der Waals surface area (Å²) in [4.78, 5) is 28.2. The van der Waals surface area contributed by atoms with E-state index in [-0.39, 0.29) is 23.8 Å². The van der Waals surface area contributed by atoms with E-state index < -0.39 is 12.1 Å². The predicted octanol–water partition coefficient (Wildman–Crippen LogP) is 0.591. The van der Waals surface area contributed by atoms with Gasteiger partial charge in [0.25, 0.3) is 0 Å². The molecule has 1 aromatic rings. The van der Waals surface area contributed by atoms with Crippen LogP contribution in [-0.4, -0.2) is 41.6 Å². The van der Waals surface area contributed by atoms with Crippen molar-refractivity contribution in [1.82, 2.24) is 15.6 Å². The third kappa shape index (κ3) is 6.25. The zero-order chi connectivity index (χ0) is 18.1. The van der Waals surface area contributed by atoms with Crippen molar-refractivity contribution in [2.45, 2.75) is 52.4 Å². The van der Waals surface area contributed by atoms with Gasteiger partial charge in [-0.3, -0.25) is 19.9 Å². The van der Waals surface area contributed by atoms with Gasteiger partial charge in [0.2, 0.25) is 5.91 Å². The third-order valence-electron chi connectivity index (χ3n) is 3.68. The van der Waals surface area contributed by atoms with Gasteiger partial charge in [0.05, 0.1) is 12.6 Å². The van der Waals surface area contributed by atoms with Gasteiger partial charge in [-0.15, -0.1) is 0 Å². The minimum absolute atomic E-state index is 0.0251. The molecule has 0 aliphatic rings. The van der Waals surface area contributed by atoms with Crippen LogP contribution in [0.15, 0.2) is 24.5 Å². The van der Waals surface area contributed by atoms with Crippen LogP contribution < -0.4 is 16.4 Å². The highest BCUT2D eigenvalue weighted by atomic mass is 16.5. The molecule has 3 unspecified atom stereocenters. The first-order valence-electron chi connectivity index (χ1n) is 8.21. The fourth-order valence-electron chi connectivity index (χ4n) is 2.19. The fourth-order valence-corrected chi connectivity index (χ4v) is 2.19. The van der Waals surface area contributed by atoms with Gasteiger partial charge in [-0.05, 0) is 31.4 Å². The summed E-state index contributed by atoms with van der Waals surface area (Å²) in [5.74, 6) is -0.593. The second-order valence-electron chi connectivity index (χ2n) is 6.03. The Kier molecular flexibility index (Phi) is 8.35. The number of hydrogen-bond donors (Lipinski definition) is 3. The molecule has 0 fully saturated rings. The zero-order valence-electron chi connectivity index (χ0n) is 14.8. The minimum atomic E-state index is -0.780. The standard InChI is InChI=1S/C17H28N4O3/c1-5-24-17(23)15(11(2)3)21-12(4)14(18)16(22)20-10-13-7-6-8-19-9-13/h6-9,11-12,14-15,21H,5,10,18H2,1-4H3,(H,20,22). The molecule has 7 nitrogen and oxygen atoms in total. The number of esters is 1. The van der Waals surface area contributed by atoms with Crippen molar-refractivity contribution in [1.29, 1.82) is 0 Å². The first-order valence-corrected chi connectivity index (χ1v) is 8.21. The summed E-state index contributed by atoms with van der Waals surface area (Å²) in [6.07, 6.45) is 3.35. The number of nitrogens with zero attached hydrogens (tertiary/aromatic N) is 1. The molecule has 1 heterocycles. The highest BCUT2D eigenvalue weighted by Gasteiger charge is 2.29. The number of rotatable bonds is 9. The molecule has 0 saturated heterocycles. The monoisotopic (exact) mass is 336 g/mol. The topological polar surface area (TPSA) is 106 Å². The fraction of sp³-hybridized carbons (Fsp3) is 0.588. The number of carbonyl (C=O) groups excluding carboxylic acids is 2. The summed E-state index contributed by atoms with van der Waals surface area (Å²) < 4.78 is 5.06. The van der Waals surface area contributed by atoms with Crippen molar-refractivity contribution in [2.24, 2.45) is 11.7 Å². The van der Waals surface area contributed by atoms with Crippen LogP contribution in [0.25, 0.3) is 0 Å². The lowest BCUT2D eigenvalue weighted by atomic mass is 10.0. The van der Waals surface area contributed by atoms with Gasteiger partial charge in [-0.25, -0.2) is 0 Å². The largest absolute Gasteiger partial charge is 0.465 e. The Balaban J connectivity index is 2.56. The van der Waals surface area contributed by atoms with E-state index in [2.05, 4.69) is 15.6 Å². The molecular weight excluding hydrogens is 308 g/mol. The highest BCUT2D eigenvalue weighted by molar-refractivity contribution is 5.82. The molecule has 1 aromatic heterocycles. The van der Waals surface area contributed by atoms with Crippen molar-refractivity contribution in [3.05, 3.63) is 30.1 Å². The molecule has 1 amide bonds. The average molecular weight is 336 g/mol. The molecule has 0 saturated carbocycles. The maximum Gasteiger partial charge on any atom is 0.323 e. The van der Waals surface area contributed by atoms with Gasteiger partial charge in [-0.1, -0.05) is 19.9 Å². The Morgan fingerprint density at radius 2 is 2.04 bits per heavy atom. The van der Waals surface area contributed by atoms with Crippen LogP contribution in [0.4, 0.5) is 0 Å². The number of aromatic nitrogens is 1. The Morgan fingerprint density at radius 3 is 2.58 bits per heavy atom. The van der Waals surface area contributed by atoms with E-state index >= 15 is 0 Å². The quantitative estimate of drug-likeness (QED) is 0.570. The molecule has 0 spiro atoms. The average Bonchev–Trinajstić information content (AvgIpc) is 2.57. The van der Waals surface area contributed by atoms with E-state index in [1.165, 1.54) is 0 Å². The summed E-state index contributed by atoms with van der Waals surface area (Å²) in [6, 6.07) is 2.01. The maximum absolute atomic E-state index is 12.2. The van der Waals surface area contributed by atoms with Crippen LogP contribution >= 0.6 is 0 Å². The Morgan fingerprint density at radius 1 is 1.33 bits per heavy atom. The van der Waals surface area contributed by atoms with Crippen LogP contribution in [0.3, 0.4) is 0 Å². The Bertz CT molecular complexity index is 522. The van der Waals surface area contributed by atoms with Crippen molar-refractivity contribution in [2.75, 3.05) is 6.61 Å². The minimum Gasteiger partial charge on any atom is -0.465 e. The molecule has 0 aliphatic carbocycles. The van der Waals surface area contributed by atoms with E-state index in [0.29, 0.717) is 13.2 Å². The number of amides is 1. The predicted molar refractivity (Wildman–Crippen MR) is 91.9 cm³/mol. The van der Waals surface area contributed by atoms with Gasteiger partial charge in [0, 0.05) is 25.0 Å². The summed E-state index contributed by atoms with van der Waals surface area (Å²) in [6.45, 7) is 8.04. The van der Waals surface area contributed by atoms with E-state index in [1.54, 1.807) is 32.3 Å². The lowest BCUT2D eigenvalue weighted by Gasteiger charge is -2.27. The first kappa shape index (κ1) is 20.1. The molecule has 0 aliphatic heterocycles. The van der Waals surface area contributed by atoms with Crippen LogP contribution in [0.5, 0.6) is 0 Å². The number of pyridine rings is 1. The molecular formula is C17H28N4O3. The number of ether oxygens (including phenoxy) is 1. The Hall–Kier alpha value is -1.99. The van der Waals surface area contributed by atoms with Crippen molar-refractivity contribution in [3.63, 3.8) is 0 Å². The maximum atomic E-state index is 12.2. The van der Waals surface area contributed by atoms with Crippen molar-refractivity contribution < 1.29 is 14.3 Å². The molecule has 24 heavy (non-hydrogen) atoms. The normalized spacial score (nSPS) is 14.8. The number of nitrogens with one attached hydrogen (secondary N) is 2. The van der Waals surface area contributed by atoms with Gasteiger partial charge in [0.1, 0.15) is 6.04 Å². The lowest BCUT2D eigenvalue weighted by Crippen LogP contribution is -2.57. The second-order valence-corrected chi connectivity index (χ2v) is 6.03. The molecule has 0 aromatic carbocycles. The van der Waals surface area contributed by atoms with Crippen LogP contribution in [0, 0.1) is 5.92 Å². The third-order valence-corrected chi connectivity index (χ3v) is 3.68. The number of nitrogens with two attached hydrogens (primary N) is 1. The molecule has 3 atom stereocenters. The summed E-state index contributed by atoms with van der Waals surface area (Å²) in [7, 11) is 0. The van der Waals surface area contributed by atoms with Crippen LogP contribution in [0.2, 0.25) is 0 Å². The number of carbonyl (C=O) groups is 2. The lowest BCUT2D eigenvalue weighted by molar-refractivity contribution is -0.147. The SMILES string of the molecule is CCOC(=O)C(NC(C)C(N)C(=O)NCc1cccnc1)C(C)C. The first-order chi connectivity index (χ1) is 11.4. The van der Waals surface area contributed by atoms with E-state index in [9.17, 15) is 9.59 Å². The molecule has 4 N–H and O–H groups in total. The summed E-state index contributed by atoms with van der Waals surface area (Å²) in [5, 5.41) is 5.88. The van der Waals surface area contributed by atoms with Gasteiger partial charge >= 0.3 is 5.97 Å². The van der Waals surface area contributed by atoms with E-state index in [4.69, 9.17) is 10.5 Å². The highest BCUT2D eigenvalue weighted by Crippen LogP contribution is 2.07. The smallest absolute Gasteiger partial charge is 0.323 e. The van der Waals surface area contributed by atoms with Crippen LogP contribution in [-0.2, 0) is 20.9 Å². The van der Waals surface area contributed by atoms with Gasteiger partial charge in [-0.2, -0.15) is 0 Å². The molecule has 0 bridgehead atoms. The molecule has 134 valence electrons. The summed E-state index contributed by atoms with van der Waals surface area (Å²) >= 11 is 0. The van der Waals surface area contributed by atoms with E-state index in [0.717, 1.165) is 5.56 Å². The van der Waals surface area contributed by atoms with Crippen LogP contribution in [0.1, 0.15) is 33.3 Å². The molecule has 0 radical (unpaired) electrons. The van der Waals surface area contributed by atoms with Crippen molar-refractivity contribution in [3.8, 4) is 0 Å². The number of hydrogen-bond acceptors (Lipinski definition) is 6. The van der Waals surface area contributed by atoms with Crippen molar-refractivity contribution >= 4 is 11.9 Å². The van der Waals surface area contributed by atoms with Gasteiger partial charge < -0.3 is 15.8 Å². The second kappa shape index (κ2) is 10.00. The Labute approximate surface area is 143 Å². The van der Waals surface area contributed by atoms with E-state index in [1.807, 2.05) is 19.9 Å². The molecule has 7 heteroatoms. The summed E-state index contributed by atoms with van der Waals surface area (Å²) in [5.41, 5.74) is 6.90. The zero-order valence-corrected chi connectivity index (χ0v) is 14.8.